The monoisotopic (exact) mass is 336 g/mol. The van der Waals surface area contributed by atoms with Gasteiger partial charge in [0.1, 0.15) is 5.84 Å². The van der Waals surface area contributed by atoms with Gasteiger partial charge in [0.2, 0.25) is 0 Å². The van der Waals surface area contributed by atoms with Crippen LogP contribution >= 0.6 is 0 Å². The Morgan fingerprint density at radius 1 is 1.12 bits per heavy atom. The van der Waals surface area contributed by atoms with Crippen molar-refractivity contribution < 1.29 is 0 Å². The van der Waals surface area contributed by atoms with Crippen LogP contribution in [0.4, 0.5) is 5.69 Å². The van der Waals surface area contributed by atoms with E-state index in [4.69, 9.17) is 5.84 Å². The Labute approximate surface area is 150 Å². The second-order valence-corrected chi connectivity index (χ2v) is 6.86. The van der Waals surface area contributed by atoms with Crippen molar-refractivity contribution in [3.05, 3.63) is 65.7 Å². The summed E-state index contributed by atoms with van der Waals surface area (Å²) < 4.78 is 0. The quantitative estimate of drug-likeness (QED) is 0.390. The van der Waals surface area contributed by atoms with Crippen molar-refractivity contribution in [1.29, 1.82) is 0 Å². The number of anilines is 1. The summed E-state index contributed by atoms with van der Waals surface area (Å²) in [6, 6.07) is 19.1. The van der Waals surface area contributed by atoms with Gasteiger partial charge in [-0.25, -0.2) is 0 Å². The Bertz CT molecular complexity index is 696. The molecule has 4 nitrogen and oxygen atoms in total. The second kappa shape index (κ2) is 8.56. The molecule has 1 heterocycles. The fraction of sp³-hybridized carbons (Fsp3) is 0.381. The zero-order valence-electron chi connectivity index (χ0n) is 15.0. The highest BCUT2D eigenvalue weighted by atomic mass is 15.2. The van der Waals surface area contributed by atoms with Gasteiger partial charge in [0.25, 0.3) is 0 Å². The first-order valence-electron chi connectivity index (χ1n) is 9.10. The van der Waals surface area contributed by atoms with Gasteiger partial charge in [0.15, 0.2) is 0 Å². The summed E-state index contributed by atoms with van der Waals surface area (Å²) >= 11 is 0. The summed E-state index contributed by atoms with van der Waals surface area (Å²) in [6.07, 6.45) is 4.26. The van der Waals surface area contributed by atoms with Crippen LogP contribution in [0, 0.1) is 5.92 Å². The minimum Gasteiger partial charge on any atom is -0.374 e. The summed E-state index contributed by atoms with van der Waals surface area (Å²) in [7, 11) is 2.19. The van der Waals surface area contributed by atoms with Gasteiger partial charge in [-0.2, -0.15) is 5.10 Å². The van der Waals surface area contributed by atoms with Crippen LogP contribution in [0.5, 0.6) is 0 Å². The predicted molar refractivity (Wildman–Crippen MR) is 106 cm³/mol. The highest BCUT2D eigenvalue weighted by Crippen LogP contribution is 2.26. The average Bonchev–Trinajstić information content (AvgIpc) is 2.65. The van der Waals surface area contributed by atoms with Gasteiger partial charge in [-0.15, -0.1) is 0 Å². The number of nitrogens with zero attached hydrogens (tertiary/aromatic N) is 2. The molecule has 0 saturated heterocycles. The number of fused-ring (bicyclic) bond motifs is 1. The van der Waals surface area contributed by atoms with E-state index in [0.717, 1.165) is 31.8 Å². The molecule has 1 unspecified atom stereocenters. The number of hydrogen-bond donors (Lipinski definition) is 2. The van der Waals surface area contributed by atoms with Gasteiger partial charge in [-0.3, -0.25) is 0 Å². The first kappa shape index (κ1) is 17.3. The van der Waals surface area contributed by atoms with Gasteiger partial charge in [0, 0.05) is 32.2 Å². The van der Waals surface area contributed by atoms with E-state index in [1.165, 1.54) is 29.7 Å². The maximum Gasteiger partial charge on any atom is 0.126 e. The summed E-state index contributed by atoms with van der Waals surface area (Å²) in [5, 5.41) is 7.44. The number of hydrazone groups is 1. The molecule has 0 saturated carbocycles. The van der Waals surface area contributed by atoms with Crippen molar-refractivity contribution in [1.82, 2.24) is 5.32 Å². The first-order chi connectivity index (χ1) is 12.3. The normalized spacial score (nSPS) is 18.2. The van der Waals surface area contributed by atoms with Crippen LogP contribution in [-0.2, 0) is 12.8 Å². The molecular weight excluding hydrogens is 308 g/mol. The van der Waals surface area contributed by atoms with Gasteiger partial charge in [0.05, 0.1) is 0 Å². The lowest BCUT2D eigenvalue weighted by atomic mass is 9.93. The third-order valence-electron chi connectivity index (χ3n) is 5.06. The number of rotatable bonds is 4. The Morgan fingerprint density at radius 2 is 1.88 bits per heavy atom. The topological polar surface area (TPSA) is 53.6 Å². The van der Waals surface area contributed by atoms with E-state index in [-0.39, 0.29) is 0 Å². The molecule has 0 aliphatic carbocycles. The van der Waals surface area contributed by atoms with Gasteiger partial charge >= 0.3 is 0 Å². The molecule has 0 amide bonds. The molecular formula is C21H28N4. The summed E-state index contributed by atoms with van der Waals surface area (Å²) in [6.45, 7) is 2.01. The number of amidine groups is 1. The number of nitrogens with two attached hydrogens (primary N) is 1. The standard InChI is InChI=1S/C21H28N4/c1-25-14-13-18(11-12-19-9-5-6-10-20(19)25)16-23-21(24-22)15-17-7-3-2-4-8-17/h2-10,18H,11-16,22H2,1H3,(H,23,24). The fourth-order valence-electron chi connectivity index (χ4n) is 3.50. The molecule has 1 aliphatic heterocycles. The van der Waals surface area contributed by atoms with Crippen LogP contribution in [0.15, 0.2) is 59.7 Å². The third-order valence-corrected chi connectivity index (χ3v) is 5.06. The molecule has 3 rings (SSSR count). The number of benzene rings is 2. The number of nitrogens with one attached hydrogen (secondary N) is 1. The van der Waals surface area contributed by atoms with E-state index in [2.05, 4.69) is 58.8 Å². The van der Waals surface area contributed by atoms with Crippen LogP contribution in [0.2, 0.25) is 0 Å². The number of aryl methyl sites for hydroxylation is 1. The SMILES string of the molecule is CN1CCC(CN/C(Cc2ccccc2)=N\N)CCc2ccccc21. The largest absolute Gasteiger partial charge is 0.374 e. The average molecular weight is 336 g/mol. The van der Waals surface area contributed by atoms with E-state index < -0.39 is 0 Å². The van der Waals surface area contributed by atoms with Crippen molar-refractivity contribution in [3.63, 3.8) is 0 Å². The Hall–Kier alpha value is -2.49. The first-order valence-corrected chi connectivity index (χ1v) is 9.10. The minimum atomic E-state index is 0.628. The molecule has 2 aromatic carbocycles. The van der Waals surface area contributed by atoms with Crippen LogP contribution in [0.1, 0.15) is 24.0 Å². The van der Waals surface area contributed by atoms with Crippen LogP contribution in [0.25, 0.3) is 0 Å². The minimum absolute atomic E-state index is 0.628. The molecule has 0 aromatic heterocycles. The van der Waals surface area contributed by atoms with E-state index in [9.17, 15) is 0 Å². The Kier molecular flexibility index (Phi) is 5.94. The van der Waals surface area contributed by atoms with E-state index in [1.807, 2.05) is 18.2 Å². The second-order valence-electron chi connectivity index (χ2n) is 6.86. The van der Waals surface area contributed by atoms with E-state index in [0.29, 0.717) is 5.92 Å². The molecule has 1 aliphatic rings. The summed E-state index contributed by atoms with van der Waals surface area (Å²) in [5.74, 6) is 7.09. The van der Waals surface area contributed by atoms with Crippen LogP contribution in [0.3, 0.4) is 0 Å². The van der Waals surface area contributed by atoms with E-state index in [1.54, 1.807) is 0 Å². The molecule has 0 fully saturated rings. The Balaban J connectivity index is 1.56. The molecule has 0 spiro atoms. The molecule has 2 aromatic rings. The zero-order chi connectivity index (χ0) is 17.5. The summed E-state index contributed by atoms with van der Waals surface area (Å²) in [4.78, 5) is 2.38. The van der Waals surface area contributed by atoms with Crippen molar-refractivity contribution in [3.8, 4) is 0 Å². The lowest BCUT2D eigenvalue weighted by molar-refractivity contribution is 0.440. The van der Waals surface area contributed by atoms with Crippen molar-refractivity contribution in [2.24, 2.45) is 16.9 Å². The lowest BCUT2D eigenvalue weighted by Crippen LogP contribution is -2.34. The smallest absolute Gasteiger partial charge is 0.126 e. The molecule has 132 valence electrons. The van der Waals surface area contributed by atoms with Crippen molar-refractivity contribution in [2.75, 3.05) is 25.0 Å². The number of hydrogen-bond acceptors (Lipinski definition) is 3. The summed E-state index contributed by atoms with van der Waals surface area (Å²) in [5.41, 5.74) is 4.06. The van der Waals surface area contributed by atoms with Crippen molar-refractivity contribution in [2.45, 2.75) is 25.7 Å². The van der Waals surface area contributed by atoms with Gasteiger partial charge in [-0.1, -0.05) is 48.5 Å². The molecule has 0 bridgehead atoms. The Morgan fingerprint density at radius 3 is 2.68 bits per heavy atom. The molecule has 3 N–H and O–H groups in total. The van der Waals surface area contributed by atoms with Crippen LogP contribution < -0.4 is 16.1 Å². The lowest BCUT2D eigenvalue weighted by Gasteiger charge is -2.29. The van der Waals surface area contributed by atoms with Crippen molar-refractivity contribution >= 4 is 11.5 Å². The highest BCUT2D eigenvalue weighted by Gasteiger charge is 2.17. The maximum absolute atomic E-state index is 5.59. The third kappa shape index (κ3) is 4.75. The van der Waals surface area contributed by atoms with E-state index >= 15 is 0 Å². The van der Waals surface area contributed by atoms with Crippen LogP contribution in [-0.4, -0.2) is 26.0 Å². The zero-order valence-corrected chi connectivity index (χ0v) is 15.0. The fourth-order valence-corrected chi connectivity index (χ4v) is 3.50. The van der Waals surface area contributed by atoms with Gasteiger partial charge in [-0.05, 0) is 42.4 Å². The highest BCUT2D eigenvalue weighted by molar-refractivity contribution is 5.84. The molecule has 4 heteroatoms. The predicted octanol–water partition coefficient (Wildman–Crippen LogP) is 3.18. The molecule has 25 heavy (non-hydrogen) atoms. The number of para-hydroxylation sites is 1. The maximum atomic E-state index is 5.59. The van der Waals surface area contributed by atoms with Gasteiger partial charge < -0.3 is 16.1 Å². The molecule has 0 radical (unpaired) electrons. The molecule has 1 atom stereocenters.